The van der Waals surface area contributed by atoms with Crippen LogP contribution < -0.4 is 15.8 Å². The summed E-state index contributed by atoms with van der Waals surface area (Å²) in [4.78, 5) is 0. The fourth-order valence-electron chi connectivity index (χ4n) is 1.76. The van der Waals surface area contributed by atoms with Crippen molar-refractivity contribution in [2.75, 3.05) is 11.1 Å². The van der Waals surface area contributed by atoms with Gasteiger partial charge in [0.25, 0.3) is 0 Å². The molecule has 0 aliphatic carbocycles. The maximum Gasteiger partial charge on any atom is 0.167 e. The van der Waals surface area contributed by atoms with Crippen LogP contribution in [-0.2, 0) is 0 Å². The topological polar surface area (TPSA) is 47.3 Å². The van der Waals surface area contributed by atoms with Gasteiger partial charge < -0.3 is 15.8 Å². The molecule has 0 unspecified atom stereocenters. The highest BCUT2D eigenvalue weighted by Gasteiger charge is 2.12. The van der Waals surface area contributed by atoms with Gasteiger partial charge in [-0.25, -0.2) is 8.78 Å². The van der Waals surface area contributed by atoms with Gasteiger partial charge in [-0.1, -0.05) is 11.6 Å². The molecular weight excluding hydrogens is 298 g/mol. The first kappa shape index (κ1) is 15.4. The van der Waals surface area contributed by atoms with Crippen LogP contribution in [0.25, 0.3) is 0 Å². The van der Waals surface area contributed by atoms with Gasteiger partial charge in [-0.15, -0.1) is 0 Å². The van der Waals surface area contributed by atoms with E-state index in [0.29, 0.717) is 5.69 Å². The Kier molecular flexibility index (Phi) is 4.53. The van der Waals surface area contributed by atoms with Crippen molar-refractivity contribution in [1.82, 2.24) is 0 Å². The molecule has 21 heavy (non-hydrogen) atoms. The Bertz CT molecular complexity index is 662. The molecule has 0 heterocycles. The molecule has 6 heteroatoms. The fourth-order valence-corrected chi connectivity index (χ4v) is 1.92. The Balaban J connectivity index is 2.34. The maximum atomic E-state index is 13.8. The second-order valence-electron chi connectivity index (χ2n) is 4.79. The quantitative estimate of drug-likeness (QED) is 0.802. The van der Waals surface area contributed by atoms with Crippen molar-refractivity contribution in [3.8, 4) is 5.75 Å². The lowest BCUT2D eigenvalue weighted by Gasteiger charge is -2.15. The van der Waals surface area contributed by atoms with Crippen LogP contribution in [0.15, 0.2) is 30.3 Å². The van der Waals surface area contributed by atoms with Crippen LogP contribution in [0.5, 0.6) is 5.75 Å². The highest BCUT2D eigenvalue weighted by atomic mass is 35.5. The average molecular weight is 313 g/mol. The number of benzene rings is 2. The maximum absolute atomic E-state index is 13.8. The van der Waals surface area contributed by atoms with Crippen LogP contribution >= 0.6 is 11.6 Å². The van der Waals surface area contributed by atoms with Gasteiger partial charge in [0.2, 0.25) is 0 Å². The molecule has 0 saturated heterocycles. The summed E-state index contributed by atoms with van der Waals surface area (Å²) in [5, 5.41) is 3.09. The van der Waals surface area contributed by atoms with Crippen molar-refractivity contribution in [2.45, 2.75) is 20.0 Å². The Labute approximate surface area is 126 Å². The fraction of sp³-hybridized carbons (Fsp3) is 0.200. The molecule has 0 saturated carbocycles. The van der Waals surface area contributed by atoms with Gasteiger partial charge in [0.1, 0.15) is 5.82 Å². The van der Waals surface area contributed by atoms with Crippen molar-refractivity contribution in [2.24, 2.45) is 0 Å². The SMILES string of the molecule is CC(C)Oc1cc(Nc2ccc(Cl)cc2F)c(N)cc1F. The molecule has 2 aromatic rings. The third-order valence-corrected chi connectivity index (χ3v) is 2.90. The molecule has 2 rings (SSSR count). The predicted octanol–water partition coefficient (Wildman–Crippen LogP) is 4.73. The molecule has 0 aromatic heterocycles. The first-order valence-electron chi connectivity index (χ1n) is 6.34. The summed E-state index contributed by atoms with van der Waals surface area (Å²) in [7, 11) is 0. The zero-order valence-corrected chi connectivity index (χ0v) is 12.3. The number of rotatable bonds is 4. The van der Waals surface area contributed by atoms with Crippen molar-refractivity contribution in [3.63, 3.8) is 0 Å². The van der Waals surface area contributed by atoms with Crippen LogP contribution in [0.3, 0.4) is 0 Å². The van der Waals surface area contributed by atoms with E-state index < -0.39 is 11.6 Å². The van der Waals surface area contributed by atoms with E-state index in [0.717, 1.165) is 6.07 Å². The highest BCUT2D eigenvalue weighted by molar-refractivity contribution is 6.30. The first-order valence-corrected chi connectivity index (χ1v) is 6.72. The zero-order chi connectivity index (χ0) is 15.6. The normalized spacial score (nSPS) is 10.8. The predicted molar refractivity (Wildman–Crippen MR) is 81.3 cm³/mol. The van der Waals surface area contributed by atoms with E-state index in [1.165, 1.54) is 24.3 Å². The Morgan fingerprint density at radius 3 is 2.43 bits per heavy atom. The summed E-state index contributed by atoms with van der Waals surface area (Å²) in [6.45, 7) is 3.56. The molecular formula is C15H15ClF2N2O. The van der Waals surface area contributed by atoms with Crippen LogP contribution in [0.2, 0.25) is 5.02 Å². The number of nitrogen functional groups attached to an aromatic ring is 1. The molecule has 0 bridgehead atoms. The number of halogens is 3. The van der Waals surface area contributed by atoms with E-state index in [1.807, 2.05) is 0 Å². The molecule has 3 nitrogen and oxygen atoms in total. The number of hydrogen-bond donors (Lipinski definition) is 2. The zero-order valence-electron chi connectivity index (χ0n) is 11.6. The summed E-state index contributed by atoms with van der Waals surface area (Å²) >= 11 is 5.69. The third kappa shape index (κ3) is 3.76. The number of nitrogens with two attached hydrogens (primary N) is 1. The van der Waals surface area contributed by atoms with Gasteiger partial charge in [0.15, 0.2) is 11.6 Å². The highest BCUT2D eigenvalue weighted by Crippen LogP contribution is 2.32. The molecule has 0 radical (unpaired) electrons. The van der Waals surface area contributed by atoms with Crippen molar-refractivity contribution >= 4 is 28.7 Å². The molecule has 2 aromatic carbocycles. The van der Waals surface area contributed by atoms with E-state index in [4.69, 9.17) is 22.1 Å². The lowest BCUT2D eigenvalue weighted by atomic mass is 10.2. The lowest BCUT2D eigenvalue weighted by molar-refractivity contribution is 0.231. The number of ether oxygens (including phenoxy) is 1. The molecule has 0 aliphatic rings. The van der Waals surface area contributed by atoms with E-state index in [9.17, 15) is 8.78 Å². The lowest BCUT2D eigenvalue weighted by Crippen LogP contribution is -2.08. The second kappa shape index (κ2) is 6.18. The first-order chi connectivity index (χ1) is 9.86. The summed E-state index contributed by atoms with van der Waals surface area (Å²) in [5.41, 5.74) is 6.44. The van der Waals surface area contributed by atoms with Crippen LogP contribution in [0.4, 0.5) is 25.8 Å². The summed E-state index contributed by atoms with van der Waals surface area (Å²) < 4.78 is 32.8. The largest absolute Gasteiger partial charge is 0.488 e. The standard InChI is InChI=1S/C15H15ClF2N2O/c1-8(2)21-15-7-14(12(19)6-11(15)18)20-13-4-3-9(16)5-10(13)17/h3-8,20H,19H2,1-2H3. The van der Waals surface area contributed by atoms with Gasteiger partial charge in [-0.2, -0.15) is 0 Å². The average Bonchev–Trinajstić information content (AvgIpc) is 2.37. The van der Waals surface area contributed by atoms with Gasteiger partial charge >= 0.3 is 0 Å². The monoisotopic (exact) mass is 312 g/mol. The smallest absolute Gasteiger partial charge is 0.167 e. The molecule has 0 fully saturated rings. The Morgan fingerprint density at radius 1 is 1.10 bits per heavy atom. The van der Waals surface area contributed by atoms with Crippen LogP contribution in [0.1, 0.15) is 13.8 Å². The van der Waals surface area contributed by atoms with Gasteiger partial charge in [0, 0.05) is 17.2 Å². The van der Waals surface area contributed by atoms with E-state index in [1.54, 1.807) is 13.8 Å². The minimum absolute atomic E-state index is 0.0519. The second-order valence-corrected chi connectivity index (χ2v) is 5.22. The summed E-state index contributed by atoms with van der Waals surface area (Å²) in [6, 6.07) is 6.73. The molecule has 0 aliphatic heterocycles. The number of anilines is 3. The Hall–Kier alpha value is -2.01. The molecule has 0 amide bonds. The van der Waals surface area contributed by atoms with Crippen molar-refractivity contribution in [3.05, 3.63) is 47.0 Å². The van der Waals surface area contributed by atoms with Gasteiger partial charge in [0.05, 0.1) is 23.2 Å². The van der Waals surface area contributed by atoms with Crippen LogP contribution in [0, 0.1) is 11.6 Å². The van der Waals surface area contributed by atoms with E-state index in [-0.39, 0.29) is 28.3 Å². The minimum atomic E-state index is -0.566. The van der Waals surface area contributed by atoms with E-state index in [2.05, 4.69) is 5.32 Å². The molecule has 0 spiro atoms. The third-order valence-electron chi connectivity index (χ3n) is 2.67. The van der Waals surface area contributed by atoms with Gasteiger partial charge in [-0.05, 0) is 32.0 Å². The van der Waals surface area contributed by atoms with E-state index >= 15 is 0 Å². The molecule has 112 valence electrons. The molecule has 3 N–H and O–H groups in total. The minimum Gasteiger partial charge on any atom is -0.488 e. The number of hydrogen-bond acceptors (Lipinski definition) is 3. The molecule has 0 atom stereocenters. The number of nitrogens with one attached hydrogen (secondary N) is 1. The summed E-state index contributed by atoms with van der Waals surface area (Å²) in [6.07, 6.45) is -0.191. The van der Waals surface area contributed by atoms with Crippen LogP contribution in [-0.4, -0.2) is 6.10 Å². The Morgan fingerprint density at radius 2 is 1.81 bits per heavy atom. The summed E-state index contributed by atoms with van der Waals surface area (Å²) in [5.74, 6) is -1.04. The van der Waals surface area contributed by atoms with Crippen molar-refractivity contribution < 1.29 is 13.5 Å². The van der Waals surface area contributed by atoms with Crippen molar-refractivity contribution in [1.29, 1.82) is 0 Å². The van der Waals surface area contributed by atoms with Gasteiger partial charge in [-0.3, -0.25) is 0 Å².